The number of benzene rings is 2. The van der Waals surface area contributed by atoms with Crippen molar-refractivity contribution < 1.29 is 19.4 Å². The first-order chi connectivity index (χ1) is 11.6. The van der Waals surface area contributed by atoms with Crippen molar-refractivity contribution in [2.45, 2.75) is 12.5 Å². The van der Waals surface area contributed by atoms with Gasteiger partial charge in [-0.05, 0) is 35.4 Å². The Balaban J connectivity index is 2.00. The second-order valence-corrected chi connectivity index (χ2v) is 5.11. The third-order valence-corrected chi connectivity index (χ3v) is 3.48. The van der Waals surface area contributed by atoms with E-state index in [1.54, 1.807) is 7.11 Å². The summed E-state index contributed by atoms with van der Waals surface area (Å²) in [5.74, 6) is 3.72. The van der Waals surface area contributed by atoms with E-state index in [-0.39, 0.29) is 12.5 Å². The summed E-state index contributed by atoms with van der Waals surface area (Å²) < 4.78 is 10.9. The van der Waals surface area contributed by atoms with Crippen LogP contribution in [-0.2, 0) is 6.61 Å². The van der Waals surface area contributed by atoms with Gasteiger partial charge in [0.1, 0.15) is 18.1 Å². The molecule has 0 saturated carbocycles. The van der Waals surface area contributed by atoms with Gasteiger partial charge in [0.15, 0.2) is 0 Å². The zero-order chi connectivity index (χ0) is 17.4. The minimum absolute atomic E-state index is 0.160. The highest BCUT2D eigenvalue weighted by atomic mass is 16.5. The van der Waals surface area contributed by atoms with Gasteiger partial charge in [0.2, 0.25) is 0 Å². The van der Waals surface area contributed by atoms with E-state index in [4.69, 9.17) is 21.0 Å². The fourth-order valence-corrected chi connectivity index (χ4v) is 2.17. The maximum atomic E-state index is 10.6. The second kappa shape index (κ2) is 8.49. The van der Waals surface area contributed by atoms with Gasteiger partial charge in [-0.15, -0.1) is 6.42 Å². The van der Waals surface area contributed by atoms with Crippen LogP contribution in [0.4, 0.5) is 4.79 Å². The number of methoxy groups -OCH3 is 1. The predicted molar refractivity (Wildman–Crippen MR) is 91.4 cm³/mol. The molecule has 0 radical (unpaired) electrons. The Morgan fingerprint density at radius 2 is 2.00 bits per heavy atom. The lowest BCUT2D eigenvalue weighted by molar-refractivity contribution is 0.194. The Labute approximate surface area is 141 Å². The molecule has 1 unspecified atom stereocenters. The van der Waals surface area contributed by atoms with Gasteiger partial charge in [0.05, 0.1) is 13.0 Å². The van der Waals surface area contributed by atoms with Gasteiger partial charge in [0, 0.05) is 6.54 Å². The minimum Gasteiger partial charge on any atom is -0.497 e. The molecule has 24 heavy (non-hydrogen) atoms. The molecule has 0 saturated heterocycles. The number of hydrogen-bond donors (Lipinski definition) is 2. The molecule has 0 aromatic heterocycles. The number of carboxylic acid groups (broad SMARTS) is 1. The molecule has 2 rings (SSSR count). The quantitative estimate of drug-likeness (QED) is 0.767. The number of ether oxygens (including phenoxy) is 2. The third kappa shape index (κ3) is 4.96. The molecule has 0 spiro atoms. The zero-order valence-electron chi connectivity index (χ0n) is 13.4. The van der Waals surface area contributed by atoms with E-state index in [1.807, 2.05) is 48.5 Å². The average Bonchev–Trinajstić information content (AvgIpc) is 2.61. The van der Waals surface area contributed by atoms with Crippen molar-refractivity contribution in [1.82, 2.24) is 5.32 Å². The lowest BCUT2D eigenvalue weighted by Gasteiger charge is -2.13. The normalized spacial score (nSPS) is 11.2. The first-order valence-electron chi connectivity index (χ1n) is 7.41. The Morgan fingerprint density at radius 3 is 2.62 bits per heavy atom. The lowest BCUT2D eigenvalue weighted by atomic mass is 10.00. The van der Waals surface area contributed by atoms with Crippen LogP contribution < -0.4 is 14.8 Å². The summed E-state index contributed by atoms with van der Waals surface area (Å²) >= 11 is 0. The lowest BCUT2D eigenvalue weighted by Crippen LogP contribution is -2.26. The van der Waals surface area contributed by atoms with Crippen molar-refractivity contribution in [2.75, 3.05) is 13.7 Å². The Morgan fingerprint density at radius 1 is 1.25 bits per heavy atom. The summed E-state index contributed by atoms with van der Waals surface area (Å²) in [4.78, 5) is 10.6. The molecule has 2 aromatic carbocycles. The summed E-state index contributed by atoms with van der Waals surface area (Å²) in [6.07, 6.45) is 4.40. The highest BCUT2D eigenvalue weighted by Gasteiger charge is 2.10. The summed E-state index contributed by atoms with van der Waals surface area (Å²) in [6, 6.07) is 15.0. The molecule has 0 aliphatic carbocycles. The van der Waals surface area contributed by atoms with Crippen LogP contribution in [0.2, 0.25) is 0 Å². The first-order valence-corrected chi connectivity index (χ1v) is 7.41. The van der Waals surface area contributed by atoms with Gasteiger partial charge in [-0.3, -0.25) is 0 Å². The highest BCUT2D eigenvalue weighted by molar-refractivity contribution is 5.64. The maximum Gasteiger partial charge on any atom is 0.404 e. The van der Waals surface area contributed by atoms with Gasteiger partial charge in [0.25, 0.3) is 0 Å². The van der Waals surface area contributed by atoms with Gasteiger partial charge in [-0.25, -0.2) is 4.79 Å². The topological polar surface area (TPSA) is 67.8 Å². The molecule has 5 heteroatoms. The van der Waals surface area contributed by atoms with E-state index >= 15 is 0 Å². The summed E-state index contributed by atoms with van der Waals surface area (Å²) in [7, 11) is 1.62. The largest absolute Gasteiger partial charge is 0.497 e. The van der Waals surface area contributed by atoms with Crippen molar-refractivity contribution in [3.63, 3.8) is 0 Å². The van der Waals surface area contributed by atoms with Gasteiger partial charge in [-0.2, -0.15) is 0 Å². The molecule has 0 bridgehead atoms. The van der Waals surface area contributed by atoms with Crippen molar-refractivity contribution >= 4 is 6.09 Å². The average molecular weight is 325 g/mol. The summed E-state index contributed by atoms with van der Waals surface area (Å²) in [5.41, 5.74) is 1.85. The van der Waals surface area contributed by atoms with E-state index in [9.17, 15) is 4.79 Å². The molecule has 2 N–H and O–H groups in total. The van der Waals surface area contributed by atoms with Crippen LogP contribution in [0.5, 0.6) is 11.5 Å². The molecule has 0 aliphatic heterocycles. The van der Waals surface area contributed by atoms with Crippen LogP contribution in [0.3, 0.4) is 0 Å². The molecule has 1 atom stereocenters. The molecular formula is C19H19NO4. The number of rotatable bonds is 7. The van der Waals surface area contributed by atoms with E-state index in [2.05, 4.69) is 11.2 Å². The zero-order valence-corrected chi connectivity index (χ0v) is 13.4. The third-order valence-electron chi connectivity index (χ3n) is 3.48. The van der Waals surface area contributed by atoms with Crippen molar-refractivity contribution in [2.24, 2.45) is 0 Å². The maximum absolute atomic E-state index is 10.6. The van der Waals surface area contributed by atoms with E-state index in [0.29, 0.717) is 12.4 Å². The van der Waals surface area contributed by atoms with Crippen LogP contribution in [0, 0.1) is 12.3 Å². The van der Waals surface area contributed by atoms with Gasteiger partial charge >= 0.3 is 6.09 Å². The smallest absolute Gasteiger partial charge is 0.404 e. The Hall–Kier alpha value is -3.13. The summed E-state index contributed by atoms with van der Waals surface area (Å²) in [5, 5.41) is 11.0. The molecule has 2 aromatic rings. The fraction of sp³-hybridized carbons (Fsp3) is 0.211. The van der Waals surface area contributed by atoms with Gasteiger partial charge < -0.3 is 19.9 Å². The number of hydrogen-bond acceptors (Lipinski definition) is 3. The predicted octanol–water partition coefficient (Wildman–Crippen LogP) is 3.26. The molecule has 0 aliphatic rings. The second-order valence-electron chi connectivity index (χ2n) is 5.11. The van der Waals surface area contributed by atoms with E-state index < -0.39 is 6.09 Å². The SMILES string of the molecule is C#CC(CNC(=O)O)c1cccc(OCc2ccc(OC)cc2)c1. The van der Waals surface area contributed by atoms with Crippen LogP contribution in [0.1, 0.15) is 17.0 Å². The number of terminal acetylenes is 1. The standard InChI is InChI=1S/C19H19NO4/c1-3-15(12-20-19(21)22)16-5-4-6-18(11-16)24-13-14-7-9-17(23-2)10-8-14/h1,4-11,15,20H,12-13H2,2H3,(H,21,22). The number of amides is 1. The monoisotopic (exact) mass is 325 g/mol. The van der Waals surface area contributed by atoms with Crippen molar-refractivity contribution in [3.8, 4) is 23.8 Å². The summed E-state index contributed by atoms with van der Waals surface area (Å²) in [6.45, 7) is 0.579. The van der Waals surface area contributed by atoms with Crippen molar-refractivity contribution in [1.29, 1.82) is 0 Å². The van der Waals surface area contributed by atoms with Crippen LogP contribution in [-0.4, -0.2) is 24.9 Å². The fourth-order valence-electron chi connectivity index (χ4n) is 2.17. The molecule has 0 fully saturated rings. The molecule has 124 valence electrons. The highest BCUT2D eigenvalue weighted by Crippen LogP contribution is 2.21. The molecular weight excluding hydrogens is 306 g/mol. The van der Waals surface area contributed by atoms with Crippen LogP contribution in [0.15, 0.2) is 48.5 Å². The number of nitrogens with one attached hydrogen (secondary N) is 1. The van der Waals surface area contributed by atoms with Crippen LogP contribution in [0.25, 0.3) is 0 Å². The minimum atomic E-state index is -1.10. The molecule has 5 nitrogen and oxygen atoms in total. The first kappa shape index (κ1) is 17.2. The van der Waals surface area contributed by atoms with Gasteiger partial charge in [-0.1, -0.05) is 30.2 Å². The van der Waals surface area contributed by atoms with Crippen molar-refractivity contribution in [3.05, 3.63) is 59.7 Å². The number of carbonyl (C=O) groups is 1. The molecule has 0 heterocycles. The Kier molecular flexibility index (Phi) is 6.09. The van der Waals surface area contributed by atoms with E-state index in [1.165, 1.54) is 0 Å². The molecule has 1 amide bonds. The van der Waals surface area contributed by atoms with Crippen LogP contribution >= 0.6 is 0 Å². The van der Waals surface area contributed by atoms with E-state index in [0.717, 1.165) is 16.9 Å². The Bertz CT molecular complexity index is 719.